The van der Waals surface area contributed by atoms with Crippen LogP contribution in [0.25, 0.3) is 0 Å². The normalized spacial score (nSPS) is 19.8. The number of ether oxygens (including phenoxy) is 1. The molecule has 6 nitrogen and oxygen atoms in total. The van der Waals surface area contributed by atoms with Crippen LogP contribution in [0.3, 0.4) is 0 Å². The summed E-state index contributed by atoms with van der Waals surface area (Å²) in [6.07, 6.45) is 2.81. The number of halogens is 1. The average molecular weight is 396 g/mol. The van der Waals surface area contributed by atoms with E-state index in [0.29, 0.717) is 65.1 Å². The second kappa shape index (κ2) is 10.1. The molecule has 1 aromatic carbocycles. The standard InChI is InChI=1S/C20H29N3O3.ClH/c21-15-20(8-12-26-13-9-20)19(25)23-10-6-17(7-11-23)18(24)22-14-16-4-2-1-3-5-16;/h1-5,17H,6-15,21H2,(H,22,24);1H. The van der Waals surface area contributed by atoms with E-state index in [1.165, 1.54) is 0 Å². The van der Waals surface area contributed by atoms with Gasteiger partial charge in [0.05, 0.1) is 5.41 Å². The predicted octanol–water partition coefficient (Wildman–Crippen LogP) is 1.72. The molecule has 0 radical (unpaired) electrons. The van der Waals surface area contributed by atoms with Crippen molar-refractivity contribution >= 4 is 24.2 Å². The fourth-order valence-electron chi connectivity index (χ4n) is 3.88. The topological polar surface area (TPSA) is 84.7 Å². The molecule has 2 saturated heterocycles. The van der Waals surface area contributed by atoms with Gasteiger partial charge in [-0.15, -0.1) is 12.4 Å². The predicted molar refractivity (Wildman–Crippen MR) is 106 cm³/mol. The van der Waals surface area contributed by atoms with E-state index in [-0.39, 0.29) is 30.1 Å². The molecule has 0 unspecified atom stereocenters. The van der Waals surface area contributed by atoms with E-state index in [0.717, 1.165) is 5.56 Å². The van der Waals surface area contributed by atoms with E-state index in [9.17, 15) is 9.59 Å². The molecule has 1 aromatic rings. The Morgan fingerprint density at radius 2 is 1.78 bits per heavy atom. The number of carbonyl (C=O) groups excluding carboxylic acids is 2. The van der Waals surface area contributed by atoms with Crippen LogP contribution < -0.4 is 11.1 Å². The van der Waals surface area contributed by atoms with Crippen LogP contribution in [0.5, 0.6) is 0 Å². The number of hydrogen-bond acceptors (Lipinski definition) is 4. The highest BCUT2D eigenvalue weighted by Gasteiger charge is 2.42. The molecule has 0 aromatic heterocycles. The van der Waals surface area contributed by atoms with Crippen molar-refractivity contribution in [2.24, 2.45) is 17.1 Å². The van der Waals surface area contributed by atoms with Gasteiger partial charge in [0.2, 0.25) is 11.8 Å². The third-order valence-electron chi connectivity index (χ3n) is 5.76. The lowest BCUT2D eigenvalue weighted by molar-refractivity contribution is -0.149. The largest absolute Gasteiger partial charge is 0.381 e. The van der Waals surface area contributed by atoms with Crippen LogP contribution in [0.2, 0.25) is 0 Å². The van der Waals surface area contributed by atoms with E-state index < -0.39 is 5.41 Å². The molecular weight excluding hydrogens is 366 g/mol. The molecular formula is C20H30ClN3O3. The van der Waals surface area contributed by atoms with Gasteiger partial charge in [-0.2, -0.15) is 0 Å². The number of nitrogens with zero attached hydrogens (tertiary/aromatic N) is 1. The minimum atomic E-state index is -0.472. The third kappa shape index (κ3) is 5.21. The van der Waals surface area contributed by atoms with Crippen molar-refractivity contribution in [3.05, 3.63) is 35.9 Å². The van der Waals surface area contributed by atoms with Crippen LogP contribution in [0.15, 0.2) is 30.3 Å². The average Bonchev–Trinajstić information content (AvgIpc) is 2.73. The second-order valence-corrected chi connectivity index (χ2v) is 7.37. The molecule has 2 amide bonds. The maximum absolute atomic E-state index is 13.0. The molecule has 3 rings (SSSR count). The maximum atomic E-state index is 13.0. The molecule has 2 aliphatic rings. The van der Waals surface area contributed by atoms with Crippen molar-refractivity contribution in [2.45, 2.75) is 32.2 Å². The zero-order valence-corrected chi connectivity index (χ0v) is 16.5. The molecule has 2 fully saturated rings. The number of amides is 2. The van der Waals surface area contributed by atoms with E-state index >= 15 is 0 Å². The van der Waals surface area contributed by atoms with Crippen LogP contribution in [-0.2, 0) is 20.9 Å². The van der Waals surface area contributed by atoms with Crippen LogP contribution in [0.4, 0.5) is 0 Å². The van der Waals surface area contributed by atoms with Crippen molar-refractivity contribution in [3.63, 3.8) is 0 Å². The number of carbonyl (C=O) groups is 2. The Kier molecular flexibility index (Phi) is 8.07. The summed E-state index contributed by atoms with van der Waals surface area (Å²) in [5.74, 6) is 0.207. The summed E-state index contributed by atoms with van der Waals surface area (Å²) in [7, 11) is 0. The van der Waals surface area contributed by atoms with Gasteiger partial charge in [-0.25, -0.2) is 0 Å². The summed E-state index contributed by atoms with van der Waals surface area (Å²) in [6.45, 7) is 3.38. The quantitative estimate of drug-likeness (QED) is 0.795. The number of rotatable bonds is 5. The summed E-state index contributed by atoms with van der Waals surface area (Å²) in [5, 5.41) is 3.02. The fourth-order valence-corrected chi connectivity index (χ4v) is 3.88. The van der Waals surface area contributed by atoms with Crippen LogP contribution in [0.1, 0.15) is 31.2 Å². The van der Waals surface area contributed by atoms with Crippen LogP contribution >= 0.6 is 12.4 Å². The first-order chi connectivity index (χ1) is 12.6. The van der Waals surface area contributed by atoms with Gasteiger partial charge in [0, 0.05) is 45.3 Å². The van der Waals surface area contributed by atoms with E-state index in [1.54, 1.807) is 0 Å². The monoisotopic (exact) mass is 395 g/mol. The Hall–Kier alpha value is -1.63. The molecule has 0 atom stereocenters. The molecule has 150 valence electrons. The van der Waals surface area contributed by atoms with Gasteiger partial charge in [0.1, 0.15) is 0 Å². The summed E-state index contributed by atoms with van der Waals surface area (Å²) >= 11 is 0. The summed E-state index contributed by atoms with van der Waals surface area (Å²) in [6, 6.07) is 9.90. The Balaban J connectivity index is 0.00000261. The highest BCUT2D eigenvalue weighted by molar-refractivity contribution is 5.85. The third-order valence-corrected chi connectivity index (χ3v) is 5.76. The number of hydrogen-bond donors (Lipinski definition) is 2. The van der Waals surface area contributed by atoms with Gasteiger partial charge in [0.25, 0.3) is 0 Å². The molecule has 27 heavy (non-hydrogen) atoms. The minimum absolute atomic E-state index is 0. The summed E-state index contributed by atoms with van der Waals surface area (Å²) in [4.78, 5) is 27.3. The van der Waals surface area contributed by atoms with Gasteiger partial charge < -0.3 is 20.7 Å². The maximum Gasteiger partial charge on any atom is 0.230 e. The van der Waals surface area contributed by atoms with Gasteiger partial charge in [-0.3, -0.25) is 9.59 Å². The number of piperidine rings is 1. The lowest BCUT2D eigenvalue weighted by Crippen LogP contribution is -2.53. The van der Waals surface area contributed by atoms with Crippen molar-refractivity contribution in [1.29, 1.82) is 0 Å². The fraction of sp³-hybridized carbons (Fsp3) is 0.600. The first-order valence-electron chi connectivity index (χ1n) is 9.53. The molecule has 0 saturated carbocycles. The summed E-state index contributed by atoms with van der Waals surface area (Å²) < 4.78 is 5.40. The first-order valence-corrected chi connectivity index (χ1v) is 9.53. The summed E-state index contributed by atoms with van der Waals surface area (Å²) in [5.41, 5.74) is 6.57. The van der Waals surface area contributed by atoms with E-state index in [4.69, 9.17) is 10.5 Å². The zero-order valence-electron chi connectivity index (χ0n) is 15.7. The second-order valence-electron chi connectivity index (χ2n) is 7.37. The molecule has 0 aliphatic carbocycles. The Labute approximate surface area is 167 Å². The smallest absolute Gasteiger partial charge is 0.230 e. The molecule has 3 N–H and O–H groups in total. The lowest BCUT2D eigenvalue weighted by Gasteiger charge is -2.41. The molecule has 0 spiro atoms. The van der Waals surface area contributed by atoms with Gasteiger partial charge in [-0.1, -0.05) is 30.3 Å². The molecule has 7 heteroatoms. The molecule has 2 aliphatic heterocycles. The Morgan fingerprint density at radius 3 is 2.37 bits per heavy atom. The zero-order chi connectivity index (χ0) is 18.4. The van der Waals surface area contributed by atoms with Crippen molar-refractivity contribution < 1.29 is 14.3 Å². The number of likely N-dealkylation sites (tertiary alicyclic amines) is 1. The van der Waals surface area contributed by atoms with Gasteiger partial charge in [-0.05, 0) is 31.2 Å². The number of benzene rings is 1. The minimum Gasteiger partial charge on any atom is -0.381 e. The van der Waals surface area contributed by atoms with Crippen molar-refractivity contribution in [1.82, 2.24) is 10.2 Å². The van der Waals surface area contributed by atoms with E-state index in [1.807, 2.05) is 35.2 Å². The highest BCUT2D eigenvalue weighted by atomic mass is 35.5. The van der Waals surface area contributed by atoms with Crippen molar-refractivity contribution in [2.75, 3.05) is 32.8 Å². The Morgan fingerprint density at radius 1 is 1.15 bits per heavy atom. The van der Waals surface area contributed by atoms with Gasteiger partial charge >= 0.3 is 0 Å². The van der Waals surface area contributed by atoms with Crippen LogP contribution in [-0.4, -0.2) is 49.6 Å². The highest BCUT2D eigenvalue weighted by Crippen LogP contribution is 2.33. The molecule has 2 heterocycles. The van der Waals surface area contributed by atoms with Gasteiger partial charge in [0.15, 0.2) is 0 Å². The van der Waals surface area contributed by atoms with Crippen molar-refractivity contribution in [3.8, 4) is 0 Å². The van der Waals surface area contributed by atoms with E-state index in [2.05, 4.69) is 5.32 Å². The lowest BCUT2D eigenvalue weighted by atomic mass is 9.78. The first kappa shape index (κ1) is 21.7. The number of nitrogens with one attached hydrogen (secondary N) is 1. The molecule has 0 bridgehead atoms. The Bertz CT molecular complexity index is 612. The van der Waals surface area contributed by atoms with Crippen LogP contribution in [0, 0.1) is 11.3 Å². The number of nitrogens with two attached hydrogens (primary N) is 1. The SMILES string of the molecule is Cl.NCC1(C(=O)N2CCC(C(=O)NCc3ccccc3)CC2)CCOCC1.